The molecule has 0 bridgehead atoms. The van der Waals surface area contributed by atoms with Gasteiger partial charge in [0.1, 0.15) is 5.82 Å². The minimum absolute atomic E-state index is 0. The van der Waals surface area contributed by atoms with Gasteiger partial charge in [-0.25, -0.2) is 4.98 Å². The quantitative estimate of drug-likeness (QED) is 0.863. The van der Waals surface area contributed by atoms with Crippen LogP contribution in [0.5, 0.6) is 0 Å². The van der Waals surface area contributed by atoms with E-state index in [1.165, 1.54) is 0 Å². The number of aromatic nitrogens is 2. The summed E-state index contributed by atoms with van der Waals surface area (Å²) in [5, 5.41) is 3.29. The highest BCUT2D eigenvalue weighted by Gasteiger charge is 2.39. The van der Waals surface area contributed by atoms with E-state index in [1.807, 2.05) is 4.90 Å². The average molecular weight is 348 g/mol. The van der Waals surface area contributed by atoms with Crippen LogP contribution in [0.3, 0.4) is 0 Å². The summed E-state index contributed by atoms with van der Waals surface area (Å²) in [6.45, 7) is 7.01. The molecule has 0 aromatic carbocycles. The molecule has 1 aromatic heterocycles. The first-order valence-electron chi connectivity index (χ1n) is 7.20. The molecule has 0 spiro atoms. The molecule has 2 saturated heterocycles. The third-order valence-electron chi connectivity index (χ3n) is 4.33. The van der Waals surface area contributed by atoms with E-state index < -0.39 is 0 Å². The number of nitrogens with zero attached hydrogens (tertiary/aromatic N) is 4. The molecule has 1 aromatic rings. The number of rotatable bonds is 2. The van der Waals surface area contributed by atoms with Crippen molar-refractivity contribution in [2.45, 2.75) is 13.3 Å². The molecule has 22 heavy (non-hydrogen) atoms. The summed E-state index contributed by atoms with van der Waals surface area (Å²) in [5.74, 6) is 1.19. The first kappa shape index (κ1) is 18.9. The number of amides is 1. The lowest BCUT2D eigenvalue weighted by atomic mass is 9.88. The smallest absolute Gasteiger partial charge is 0.229 e. The molecule has 1 unspecified atom stereocenters. The van der Waals surface area contributed by atoms with Crippen LogP contribution in [0.2, 0.25) is 0 Å². The summed E-state index contributed by atoms with van der Waals surface area (Å²) >= 11 is 0. The van der Waals surface area contributed by atoms with Gasteiger partial charge in [-0.3, -0.25) is 9.78 Å². The van der Waals surface area contributed by atoms with Crippen molar-refractivity contribution in [3.63, 3.8) is 0 Å². The topological polar surface area (TPSA) is 61.4 Å². The highest BCUT2D eigenvalue weighted by atomic mass is 35.5. The summed E-state index contributed by atoms with van der Waals surface area (Å²) in [7, 11) is 0. The van der Waals surface area contributed by atoms with E-state index >= 15 is 0 Å². The average Bonchev–Trinajstić information content (AvgIpc) is 2.96. The van der Waals surface area contributed by atoms with Crippen molar-refractivity contribution in [3.8, 4) is 0 Å². The van der Waals surface area contributed by atoms with Crippen LogP contribution in [-0.2, 0) is 4.79 Å². The summed E-state index contributed by atoms with van der Waals surface area (Å²) < 4.78 is 0. The van der Waals surface area contributed by atoms with Crippen molar-refractivity contribution < 1.29 is 4.79 Å². The van der Waals surface area contributed by atoms with E-state index in [0.717, 1.165) is 51.5 Å². The zero-order valence-corrected chi connectivity index (χ0v) is 14.3. The fraction of sp³-hybridized carbons (Fsp3) is 0.643. The molecule has 2 aliphatic rings. The Morgan fingerprint density at radius 1 is 1.23 bits per heavy atom. The van der Waals surface area contributed by atoms with Gasteiger partial charge in [0, 0.05) is 45.1 Å². The predicted molar refractivity (Wildman–Crippen MR) is 90.9 cm³/mol. The molecule has 1 N–H and O–H groups in total. The Labute approximate surface area is 143 Å². The van der Waals surface area contributed by atoms with Crippen LogP contribution in [0.25, 0.3) is 0 Å². The Kier molecular flexibility index (Phi) is 6.84. The van der Waals surface area contributed by atoms with E-state index in [-0.39, 0.29) is 30.2 Å². The van der Waals surface area contributed by atoms with Crippen molar-refractivity contribution in [2.75, 3.05) is 44.2 Å². The predicted octanol–water partition coefficient (Wildman–Crippen LogP) is 0.968. The minimum atomic E-state index is -0.214. The van der Waals surface area contributed by atoms with Crippen molar-refractivity contribution in [1.82, 2.24) is 20.2 Å². The van der Waals surface area contributed by atoms with Crippen LogP contribution in [0.15, 0.2) is 18.6 Å². The van der Waals surface area contributed by atoms with Gasteiger partial charge in [-0.15, -0.1) is 24.8 Å². The number of piperazine rings is 1. The van der Waals surface area contributed by atoms with E-state index in [9.17, 15) is 4.79 Å². The van der Waals surface area contributed by atoms with Gasteiger partial charge in [0.05, 0.1) is 11.6 Å². The first-order valence-corrected chi connectivity index (χ1v) is 7.20. The molecule has 3 rings (SSSR count). The van der Waals surface area contributed by atoms with Crippen LogP contribution in [0.1, 0.15) is 13.3 Å². The summed E-state index contributed by atoms with van der Waals surface area (Å²) in [5.41, 5.74) is -0.214. The minimum Gasteiger partial charge on any atom is -0.352 e. The van der Waals surface area contributed by atoms with Crippen molar-refractivity contribution >= 4 is 36.5 Å². The number of carbonyl (C=O) groups excluding carboxylic acids is 1. The normalized spacial score (nSPS) is 24.4. The first-order chi connectivity index (χ1) is 9.69. The van der Waals surface area contributed by atoms with Crippen LogP contribution in [-0.4, -0.2) is 60.0 Å². The van der Waals surface area contributed by atoms with E-state index in [0.29, 0.717) is 5.91 Å². The maximum atomic E-state index is 12.6. The highest BCUT2D eigenvalue weighted by Crippen LogP contribution is 2.28. The molecule has 2 fully saturated rings. The molecule has 1 amide bonds. The van der Waals surface area contributed by atoms with Crippen LogP contribution >= 0.6 is 24.8 Å². The monoisotopic (exact) mass is 347 g/mol. The number of hydrogen-bond acceptors (Lipinski definition) is 5. The number of nitrogens with one attached hydrogen (secondary N) is 1. The zero-order valence-electron chi connectivity index (χ0n) is 12.7. The summed E-state index contributed by atoms with van der Waals surface area (Å²) in [4.78, 5) is 25.2. The Bertz CT molecular complexity index is 473. The lowest BCUT2D eigenvalue weighted by molar-refractivity contribution is -0.140. The van der Waals surface area contributed by atoms with Gasteiger partial charge in [-0.05, 0) is 19.9 Å². The number of hydrogen-bond donors (Lipinski definition) is 1. The van der Waals surface area contributed by atoms with Gasteiger partial charge in [0.2, 0.25) is 5.91 Å². The zero-order chi connectivity index (χ0) is 14.0. The van der Waals surface area contributed by atoms with Crippen molar-refractivity contribution in [3.05, 3.63) is 18.6 Å². The van der Waals surface area contributed by atoms with Crippen molar-refractivity contribution in [1.29, 1.82) is 0 Å². The molecule has 1 atom stereocenters. The third-order valence-corrected chi connectivity index (χ3v) is 4.33. The summed E-state index contributed by atoms with van der Waals surface area (Å²) in [6.07, 6.45) is 6.10. The molecule has 2 aliphatic heterocycles. The van der Waals surface area contributed by atoms with Crippen LogP contribution < -0.4 is 10.2 Å². The number of anilines is 1. The fourth-order valence-corrected chi connectivity index (χ4v) is 2.97. The molecule has 124 valence electrons. The molecule has 0 radical (unpaired) electrons. The Hall–Kier alpha value is -1.11. The Morgan fingerprint density at radius 2 is 1.95 bits per heavy atom. The van der Waals surface area contributed by atoms with Gasteiger partial charge >= 0.3 is 0 Å². The Morgan fingerprint density at radius 3 is 2.50 bits per heavy atom. The summed E-state index contributed by atoms with van der Waals surface area (Å²) in [6, 6.07) is 0. The van der Waals surface area contributed by atoms with Gasteiger partial charge in [-0.1, -0.05) is 0 Å². The van der Waals surface area contributed by atoms with E-state index in [2.05, 4.69) is 27.1 Å². The van der Waals surface area contributed by atoms with Gasteiger partial charge < -0.3 is 15.1 Å². The molecule has 8 heteroatoms. The Balaban J connectivity index is 0.00000121. The standard InChI is InChI=1S/C14H21N5O.2ClH/c1-14(2-3-16-11-14)13(20)19-8-6-18(7-9-19)12-10-15-4-5-17-12;;/h4-5,10,16H,2-3,6-9,11H2,1H3;2*1H. The molecular weight excluding hydrogens is 325 g/mol. The third kappa shape index (κ3) is 3.80. The molecule has 0 aliphatic carbocycles. The molecule has 6 nitrogen and oxygen atoms in total. The second kappa shape index (κ2) is 7.94. The van der Waals surface area contributed by atoms with E-state index in [4.69, 9.17) is 0 Å². The van der Waals surface area contributed by atoms with E-state index in [1.54, 1.807) is 18.6 Å². The SMILES string of the molecule is CC1(C(=O)N2CCN(c3cnccn3)CC2)CCNC1.Cl.Cl. The molecule has 0 saturated carbocycles. The number of carbonyl (C=O) groups is 1. The molecular formula is C14H23Cl2N5O. The fourth-order valence-electron chi connectivity index (χ4n) is 2.97. The largest absolute Gasteiger partial charge is 0.352 e. The second-order valence-electron chi connectivity index (χ2n) is 5.83. The highest BCUT2D eigenvalue weighted by molar-refractivity contribution is 5.85. The van der Waals surface area contributed by atoms with Gasteiger partial charge in [-0.2, -0.15) is 0 Å². The lowest BCUT2D eigenvalue weighted by Gasteiger charge is -2.38. The van der Waals surface area contributed by atoms with Crippen LogP contribution in [0, 0.1) is 5.41 Å². The number of halogens is 2. The lowest BCUT2D eigenvalue weighted by Crippen LogP contribution is -2.53. The van der Waals surface area contributed by atoms with Gasteiger partial charge in [0.15, 0.2) is 0 Å². The second-order valence-corrected chi connectivity index (χ2v) is 5.83. The maximum absolute atomic E-state index is 12.6. The maximum Gasteiger partial charge on any atom is 0.229 e. The molecule has 3 heterocycles. The van der Waals surface area contributed by atoms with Crippen LogP contribution in [0.4, 0.5) is 5.82 Å². The van der Waals surface area contributed by atoms with Gasteiger partial charge in [0.25, 0.3) is 0 Å². The van der Waals surface area contributed by atoms with Crippen molar-refractivity contribution in [2.24, 2.45) is 5.41 Å².